The standard InChI is InChI=1S/C30H26N10O/c1-17-5-6-19(15-33-17)30(41)37-23-10-7-18-14-20(8-9-21(18)23)40-28(22-4-3-13-32-27(22)31)36-25-12-11-24(35-29(25)40)26-16-34-39(2)38-26/h3-6,8-9,11-16,23H,7,10H2,1-2H3,(H2,31,32)(H,37,41)/t23-/m0/s1. The Labute approximate surface area is 235 Å². The van der Waals surface area contributed by atoms with E-state index in [1.807, 2.05) is 47.9 Å². The Kier molecular flexibility index (Phi) is 5.77. The van der Waals surface area contributed by atoms with Crippen LogP contribution in [-0.4, -0.2) is 45.4 Å². The van der Waals surface area contributed by atoms with Gasteiger partial charge in [0, 0.05) is 30.8 Å². The van der Waals surface area contributed by atoms with Crippen LogP contribution in [0.4, 0.5) is 5.82 Å². The molecule has 0 saturated heterocycles. The summed E-state index contributed by atoms with van der Waals surface area (Å²) in [7, 11) is 1.77. The van der Waals surface area contributed by atoms with Crippen molar-refractivity contribution in [3.05, 3.63) is 95.6 Å². The summed E-state index contributed by atoms with van der Waals surface area (Å²) in [4.78, 5) is 32.8. The van der Waals surface area contributed by atoms with E-state index in [-0.39, 0.29) is 11.9 Å². The van der Waals surface area contributed by atoms with Gasteiger partial charge in [0.25, 0.3) is 5.91 Å². The van der Waals surface area contributed by atoms with Gasteiger partial charge >= 0.3 is 0 Å². The summed E-state index contributed by atoms with van der Waals surface area (Å²) in [6.07, 6.45) is 6.60. The molecule has 0 aliphatic heterocycles. The van der Waals surface area contributed by atoms with Gasteiger partial charge in [0.15, 0.2) is 11.5 Å². The third kappa shape index (κ3) is 4.37. The summed E-state index contributed by atoms with van der Waals surface area (Å²) in [6.45, 7) is 1.90. The maximum absolute atomic E-state index is 12.9. The first kappa shape index (κ1) is 24.6. The fraction of sp³-hybridized carbons (Fsp3) is 0.167. The van der Waals surface area contributed by atoms with E-state index in [1.54, 1.807) is 31.7 Å². The molecule has 0 spiro atoms. The van der Waals surface area contributed by atoms with Gasteiger partial charge in [-0.1, -0.05) is 6.07 Å². The molecule has 41 heavy (non-hydrogen) atoms. The lowest BCUT2D eigenvalue weighted by molar-refractivity contribution is 0.0936. The van der Waals surface area contributed by atoms with E-state index in [9.17, 15) is 4.79 Å². The van der Waals surface area contributed by atoms with Crippen molar-refractivity contribution in [2.75, 3.05) is 5.73 Å². The fourth-order valence-electron chi connectivity index (χ4n) is 5.33. The minimum absolute atomic E-state index is 0.0813. The van der Waals surface area contributed by atoms with Crippen molar-refractivity contribution in [3.8, 4) is 28.5 Å². The fourth-order valence-corrected chi connectivity index (χ4v) is 5.33. The van der Waals surface area contributed by atoms with Crippen LogP contribution in [0.15, 0.2) is 73.2 Å². The molecule has 7 rings (SSSR count). The van der Waals surface area contributed by atoms with Gasteiger partial charge in [0.1, 0.15) is 17.0 Å². The van der Waals surface area contributed by atoms with Crippen LogP contribution >= 0.6 is 0 Å². The van der Waals surface area contributed by atoms with Crippen molar-refractivity contribution in [1.82, 2.24) is 44.8 Å². The molecule has 0 bridgehead atoms. The van der Waals surface area contributed by atoms with E-state index >= 15 is 0 Å². The molecule has 6 aromatic rings. The van der Waals surface area contributed by atoms with Crippen molar-refractivity contribution < 1.29 is 4.79 Å². The molecule has 202 valence electrons. The summed E-state index contributed by atoms with van der Waals surface area (Å²) >= 11 is 0. The van der Waals surface area contributed by atoms with Crippen LogP contribution in [0.25, 0.3) is 39.6 Å². The van der Waals surface area contributed by atoms with Gasteiger partial charge in [-0.2, -0.15) is 15.0 Å². The Morgan fingerprint density at radius 1 is 1.02 bits per heavy atom. The largest absolute Gasteiger partial charge is 0.383 e. The maximum Gasteiger partial charge on any atom is 0.253 e. The third-order valence-electron chi connectivity index (χ3n) is 7.39. The normalized spacial score (nSPS) is 14.3. The number of imidazole rings is 1. The molecule has 1 atom stereocenters. The van der Waals surface area contributed by atoms with Crippen LogP contribution in [0.1, 0.15) is 39.6 Å². The van der Waals surface area contributed by atoms with E-state index in [4.69, 9.17) is 15.7 Å². The zero-order chi connectivity index (χ0) is 28.1. The highest BCUT2D eigenvalue weighted by atomic mass is 16.1. The SMILES string of the molecule is Cc1ccc(C(=O)N[C@H]2CCc3cc(-n4c(-c5cccnc5N)nc5ccc(-c6cnn(C)n6)nc54)ccc32)cn1. The van der Waals surface area contributed by atoms with E-state index < -0.39 is 0 Å². The minimum atomic E-state index is -0.130. The van der Waals surface area contributed by atoms with E-state index in [0.29, 0.717) is 45.3 Å². The topological polar surface area (TPSA) is 142 Å². The molecule has 1 amide bonds. The zero-order valence-electron chi connectivity index (χ0n) is 22.5. The molecule has 11 heteroatoms. The number of nitrogen functional groups attached to an aromatic ring is 1. The molecule has 0 radical (unpaired) electrons. The molecular weight excluding hydrogens is 516 g/mol. The molecule has 1 aromatic carbocycles. The van der Waals surface area contributed by atoms with Crippen molar-refractivity contribution in [1.29, 1.82) is 0 Å². The number of aryl methyl sites for hydroxylation is 3. The first-order valence-electron chi connectivity index (χ1n) is 13.3. The number of nitrogens with one attached hydrogen (secondary N) is 1. The van der Waals surface area contributed by atoms with Gasteiger partial charge in [-0.15, -0.1) is 0 Å². The second-order valence-corrected chi connectivity index (χ2v) is 10.1. The zero-order valence-corrected chi connectivity index (χ0v) is 22.5. The van der Waals surface area contributed by atoms with Crippen LogP contribution < -0.4 is 11.1 Å². The number of amides is 1. The number of nitrogens with zero attached hydrogens (tertiary/aromatic N) is 8. The molecule has 1 aliphatic rings. The predicted octanol–water partition coefficient (Wildman–Crippen LogP) is 3.98. The van der Waals surface area contributed by atoms with Crippen LogP contribution in [0.2, 0.25) is 0 Å². The van der Waals surface area contributed by atoms with Crippen LogP contribution in [-0.2, 0) is 13.5 Å². The number of benzene rings is 1. The predicted molar refractivity (Wildman–Crippen MR) is 154 cm³/mol. The molecular formula is C30H26N10O. The molecule has 3 N–H and O–H groups in total. The number of carbonyl (C=O) groups is 1. The highest BCUT2D eigenvalue weighted by Crippen LogP contribution is 2.36. The molecule has 5 heterocycles. The van der Waals surface area contributed by atoms with Gasteiger partial charge in [-0.3, -0.25) is 14.3 Å². The molecule has 0 saturated carbocycles. The molecule has 5 aromatic heterocycles. The second kappa shape index (κ2) is 9.63. The molecule has 0 fully saturated rings. The monoisotopic (exact) mass is 542 g/mol. The lowest BCUT2D eigenvalue weighted by Crippen LogP contribution is -2.27. The quantitative estimate of drug-likeness (QED) is 0.333. The number of hydrogen-bond donors (Lipinski definition) is 2. The van der Waals surface area contributed by atoms with Crippen molar-refractivity contribution in [2.45, 2.75) is 25.8 Å². The maximum atomic E-state index is 12.9. The number of rotatable bonds is 5. The van der Waals surface area contributed by atoms with Crippen molar-refractivity contribution in [3.63, 3.8) is 0 Å². The van der Waals surface area contributed by atoms with E-state index in [2.05, 4.69) is 37.6 Å². The molecule has 0 unspecified atom stereocenters. The third-order valence-corrected chi connectivity index (χ3v) is 7.39. The smallest absolute Gasteiger partial charge is 0.253 e. The first-order chi connectivity index (χ1) is 19.9. The Bertz CT molecular complexity index is 1940. The van der Waals surface area contributed by atoms with Gasteiger partial charge in [0.2, 0.25) is 0 Å². The second-order valence-electron chi connectivity index (χ2n) is 10.1. The Morgan fingerprint density at radius 3 is 2.71 bits per heavy atom. The number of hydrogen-bond acceptors (Lipinski definition) is 8. The molecule has 11 nitrogen and oxygen atoms in total. The summed E-state index contributed by atoms with van der Waals surface area (Å²) in [5.41, 5.74) is 14.3. The Hall–Kier alpha value is -5.45. The summed E-state index contributed by atoms with van der Waals surface area (Å²) in [5.74, 6) is 0.895. The van der Waals surface area contributed by atoms with Crippen molar-refractivity contribution in [2.24, 2.45) is 7.05 Å². The number of anilines is 1. The number of aromatic nitrogens is 8. The highest BCUT2D eigenvalue weighted by molar-refractivity contribution is 5.94. The minimum Gasteiger partial charge on any atom is -0.383 e. The molecule has 1 aliphatic carbocycles. The van der Waals surface area contributed by atoms with Gasteiger partial charge in [-0.05, 0) is 79.4 Å². The lowest BCUT2D eigenvalue weighted by atomic mass is 10.1. The first-order valence-corrected chi connectivity index (χ1v) is 13.3. The number of pyridine rings is 3. The Balaban J connectivity index is 1.31. The lowest BCUT2D eigenvalue weighted by Gasteiger charge is -2.16. The van der Waals surface area contributed by atoms with Gasteiger partial charge < -0.3 is 11.1 Å². The van der Waals surface area contributed by atoms with Crippen molar-refractivity contribution >= 4 is 22.9 Å². The number of carbonyl (C=O) groups excluding carboxylic acids is 1. The average molecular weight is 543 g/mol. The summed E-state index contributed by atoms with van der Waals surface area (Å²) in [6, 6.07) is 17.4. The summed E-state index contributed by atoms with van der Waals surface area (Å²) in [5, 5.41) is 11.8. The van der Waals surface area contributed by atoms with E-state index in [1.165, 1.54) is 4.80 Å². The summed E-state index contributed by atoms with van der Waals surface area (Å²) < 4.78 is 2.01. The number of nitrogens with two attached hydrogens (primary N) is 1. The van der Waals surface area contributed by atoms with Crippen LogP contribution in [0, 0.1) is 6.92 Å². The van der Waals surface area contributed by atoms with Crippen LogP contribution in [0.3, 0.4) is 0 Å². The Morgan fingerprint density at radius 2 is 1.93 bits per heavy atom. The van der Waals surface area contributed by atoms with E-state index in [0.717, 1.165) is 35.3 Å². The van der Waals surface area contributed by atoms with Crippen LogP contribution in [0.5, 0.6) is 0 Å². The average Bonchev–Trinajstić information content (AvgIpc) is 3.70. The van der Waals surface area contributed by atoms with Gasteiger partial charge in [-0.25, -0.2) is 15.0 Å². The van der Waals surface area contributed by atoms with Gasteiger partial charge in [0.05, 0.1) is 29.1 Å². The highest BCUT2D eigenvalue weighted by Gasteiger charge is 2.26. The number of fused-ring (bicyclic) bond motifs is 2.